The average Bonchev–Trinajstić information content (AvgIpc) is 2.92. The standard InChI is InChI=1S/C23H26ClN3O3/c1-15(2)17-8-10-18(11-9-17)23(3)21(29)27(22(30)25-23)14-20(28)26(4)13-16-6-5-7-19(24)12-16/h5-12,15H,13-14H2,1-4H3,(H,25,30). The van der Waals surface area contributed by atoms with E-state index in [1.807, 2.05) is 36.4 Å². The van der Waals surface area contributed by atoms with Crippen molar-refractivity contribution >= 4 is 29.4 Å². The van der Waals surface area contributed by atoms with Crippen LogP contribution < -0.4 is 5.32 Å². The molecule has 1 aliphatic rings. The number of nitrogens with one attached hydrogen (secondary N) is 1. The van der Waals surface area contributed by atoms with Gasteiger partial charge in [0.1, 0.15) is 12.1 Å². The van der Waals surface area contributed by atoms with Crippen LogP contribution in [0.2, 0.25) is 5.02 Å². The van der Waals surface area contributed by atoms with E-state index in [2.05, 4.69) is 19.2 Å². The lowest BCUT2D eigenvalue weighted by atomic mass is 9.90. The number of carbonyl (C=O) groups is 3. The summed E-state index contributed by atoms with van der Waals surface area (Å²) >= 11 is 5.99. The third-order valence-electron chi connectivity index (χ3n) is 5.46. The number of halogens is 1. The Kier molecular flexibility index (Phi) is 6.17. The normalized spacial score (nSPS) is 18.7. The van der Waals surface area contributed by atoms with Gasteiger partial charge >= 0.3 is 6.03 Å². The highest BCUT2D eigenvalue weighted by Crippen LogP contribution is 2.30. The van der Waals surface area contributed by atoms with Crippen LogP contribution in [-0.4, -0.2) is 41.2 Å². The van der Waals surface area contributed by atoms with E-state index in [9.17, 15) is 14.4 Å². The SMILES string of the molecule is CC(C)c1ccc(C2(C)NC(=O)N(CC(=O)N(C)Cc3cccc(Cl)c3)C2=O)cc1. The van der Waals surface area contributed by atoms with Crippen LogP contribution in [0.1, 0.15) is 43.4 Å². The molecule has 0 bridgehead atoms. The number of hydrogen-bond acceptors (Lipinski definition) is 3. The maximum atomic E-state index is 13.1. The van der Waals surface area contributed by atoms with Crippen molar-refractivity contribution in [2.24, 2.45) is 0 Å². The molecule has 0 aliphatic carbocycles. The predicted molar refractivity (Wildman–Crippen MR) is 116 cm³/mol. The average molecular weight is 428 g/mol. The molecule has 1 unspecified atom stereocenters. The van der Waals surface area contributed by atoms with Crippen LogP contribution in [0.4, 0.5) is 4.79 Å². The van der Waals surface area contributed by atoms with E-state index in [1.165, 1.54) is 4.90 Å². The zero-order valence-electron chi connectivity index (χ0n) is 17.6. The molecule has 4 amide bonds. The summed E-state index contributed by atoms with van der Waals surface area (Å²) in [6, 6.07) is 14.2. The fourth-order valence-corrected chi connectivity index (χ4v) is 3.70. The molecule has 0 aromatic heterocycles. The van der Waals surface area contributed by atoms with E-state index in [-0.39, 0.29) is 12.5 Å². The molecule has 30 heavy (non-hydrogen) atoms. The van der Waals surface area contributed by atoms with Gasteiger partial charge in [-0.25, -0.2) is 4.79 Å². The number of carbonyl (C=O) groups excluding carboxylic acids is 3. The van der Waals surface area contributed by atoms with Crippen molar-refractivity contribution in [3.05, 3.63) is 70.2 Å². The Morgan fingerprint density at radius 3 is 2.43 bits per heavy atom. The lowest BCUT2D eigenvalue weighted by Gasteiger charge is -2.24. The molecule has 7 heteroatoms. The fourth-order valence-electron chi connectivity index (χ4n) is 3.49. The topological polar surface area (TPSA) is 69.7 Å². The summed E-state index contributed by atoms with van der Waals surface area (Å²) in [5, 5.41) is 3.33. The predicted octanol–water partition coefficient (Wildman–Crippen LogP) is 3.89. The van der Waals surface area contributed by atoms with E-state index in [1.54, 1.807) is 26.1 Å². The third-order valence-corrected chi connectivity index (χ3v) is 5.69. The Morgan fingerprint density at radius 1 is 1.17 bits per heavy atom. The van der Waals surface area contributed by atoms with Gasteiger partial charge in [-0.05, 0) is 41.7 Å². The fraction of sp³-hybridized carbons (Fsp3) is 0.348. The molecular weight excluding hydrogens is 402 g/mol. The van der Waals surface area contributed by atoms with Crippen molar-refractivity contribution in [3.8, 4) is 0 Å². The molecule has 1 heterocycles. The number of hydrogen-bond donors (Lipinski definition) is 1. The summed E-state index contributed by atoms with van der Waals surface area (Å²) in [5.74, 6) is -0.405. The molecule has 0 radical (unpaired) electrons. The Morgan fingerprint density at radius 2 is 1.83 bits per heavy atom. The molecular formula is C23H26ClN3O3. The van der Waals surface area contributed by atoms with Gasteiger partial charge in [-0.3, -0.25) is 14.5 Å². The molecule has 1 N–H and O–H groups in total. The Hall–Kier alpha value is -2.86. The van der Waals surface area contributed by atoms with Crippen molar-refractivity contribution in [2.45, 2.75) is 38.8 Å². The summed E-state index contributed by atoms with van der Waals surface area (Å²) in [7, 11) is 1.63. The quantitative estimate of drug-likeness (QED) is 0.711. The van der Waals surface area contributed by atoms with Crippen LogP contribution >= 0.6 is 11.6 Å². The highest BCUT2D eigenvalue weighted by atomic mass is 35.5. The molecule has 0 spiro atoms. The van der Waals surface area contributed by atoms with E-state index in [0.717, 1.165) is 16.0 Å². The van der Waals surface area contributed by atoms with Gasteiger partial charge in [-0.15, -0.1) is 0 Å². The summed E-state index contributed by atoms with van der Waals surface area (Å²) in [6.45, 7) is 5.86. The molecule has 0 saturated carbocycles. The number of benzene rings is 2. The van der Waals surface area contributed by atoms with Gasteiger partial charge in [-0.1, -0.05) is 61.8 Å². The lowest BCUT2D eigenvalue weighted by Crippen LogP contribution is -2.43. The number of amides is 4. The number of likely N-dealkylation sites (N-methyl/N-ethyl adjacent to an activating group) is 1. The van der Waals surface area contributed by atoms with Gasteiger partial charge in [-0.2, -0.15) is 0 Å². The van der Waals surface area contributed by atoms with Gasteiger partial charge in [0.2, 0.25) is 5.91 Å². The monoisotopic (exact) mass is 427 g/mol. The van der Waals surface area contributed by atoms with Crippen LogP contribution in [-0.2, 0) is 21.7 Å². The zero-order chi connectivity index (χ0) is 22.1. The van der Waals surface area contributed by atoms with Gasteiger partial charge in [0.05, 0.1) is 0 Å². The lowest BCUT2D eigenvalue weighted by molar-refractivity contribution is -0.138. The number of nitrogens with zero attached hydrogens (tertiary/aromatic N) is 2. The first-order chi connectivity index (χ1) is 14.1. The zero-order valence-corrected chi connectivity index (χ0v) is 18.4. The van der Waals surface area contributed by atoms with Crippen LogP contribution in [0.25, 0.3) is 0 Å². The highest BCUT2D eigenvalue weighted by Gasteiger charge is 2.49. The van der Waals surface area contributed by atoms with Crippen molar-refractivity contribution in [2.75, 3.05) is 13.6 Å². The third kappa shape index (κ3) is 4.33. The van der Waals surface area contributed by atoms with Gasteiger partial charge in [0.25, 0.3) is 5.91 Å². The smallest absolute Gasteiger partial charge is 0.325 e. The van der Waals surface area contributed by atoms with Crippen molar-refractivity contribution < 1.29 is 14.4 Å². The van der Waals surface area contributed by atoms with Crippen LogP contribution in [0.15, 0.2) is 48.5 Å². The Labute approximate surface area is 181 Å². The summed E-state index contributed by atoms with van der Waals surface area (Å²) in [5.41, 5.74) is 1.50. The number of urea groups is 1. The van der Waals surface area contributed by atoms with Crippen LogP contribution in [0.3, 0.4) is 0 Å². The minimum absolute atomic E-state index is 0.318. The second-order valence-electron chi connectivity index (χ2n) is 8.10. The van der Waals surface area contributed by atoms with E-state index >= 15 is 0 Å². The van der Waals surface area contributed by atoms with Crippen LogP contribution in [0, 0.1) is 0 Å². The molecule has 1 fully saturated rings. The first-order valence-corrected chi connectivity index (χ1v) is 10.2. The molecule has 2 aromatic carbocycles. The van der Waals surface area contributed by atoms with Crippen LogP contribution in [0.5, 0.6) is 0 Å². The first-order valence-electron chi connectivity index (χ1n) is 9.85. The molecule has 1 atom stereocenters. The largest absolute Gasteiger partial charge is 0.340 e. The molecule has 1 saturated heterocycles. The van der Waals surface area contributed by atoms with Crippen molar-refractivity contribution in [3.63, 3.8) is 0 Å². The summed E-state index contributed by atoms with van der Waals surface area (Å²) in [6.07, 6.45) is 0. The summed E-state index contributed by atoms with van der Waals surface area (Å²) in [4.78, 5) is 40.7. The maximum absolute atomic E-state index is 13.1. The number of rotatable bonds is 6. The van der Waals surface area contributed by atoms with Gasteiger partial charge < -0.3 is 10.2 Å². The number of imide groups is 1. The molecule has 1 aliphatic heterocycles. The second-order valence-corrected chi connectivity index (χ2v) is 8.54. The molecule has 158 valence electrons. The summed E-state index contributed by atoms with van der Waals surface area (Å²) < 4.78 is 0. The molecule has 3 rings (SSSR count). The van der Waals surface area contributed by atoms with Gasteiger partial charge in [0.15, 0.2) is 0 Å². The Balaban J connectivity index is 1.71. The van der Waals surface area contributed by atoms with Crippen molar-refractivity contribution in [1.29, 1.82) is 0 Å². The van der Waals surface area contributed by atoms with Crippen molar-refractivity contribution in [1.82, 2.24) is 15.1 Å². The highest BCUT2D eigenvalue weighted by molar-refractivity contribution is 6.30. The van der Waals surface area contributed by atoms with Gasteiger partial charge in [0, 0.05) is 18.6 Å². The van der Waals surface area contributed by atoms with E-state index < -0.39 is 17.5 Å². The maximum Gasteiger partial charge on any atom is 0.325 e. The van der Waals surface area contributed by atoms with E-state index in [4.69, 9.17) is 11.6 Å². The Bertz CT molecular complexity index is 974. The first kappa shape index (κ1) is 21.8. The molecule has 6 nitrogen and oxygen atoms in total. The second kappa shape index (κ2) is 8.48. The minimum Gasteiger partial charge on any atom is -0.340 e. The van der Waals surface area contributed by atoms with E-state index in [0.29, 0.717) is 23.0 Å². The minimum atomic E-state index is -1.20. The molecule has 2 aromatic rings.